The monoisotopic (exact) mass is 378 g/mol. The van der Waals surface area contributed by atoms with E-state index in [4.69, 9.17) is 14.2 Å². The number of aromatic nitrogens is 2. The fraction of sp³-hybridized carbons (Fsp3) is 0.190. The molecule has 0 saturated heterocycles. The molecule has 0 fully saturated rings. The van der Waals surface area contributed by atoms with Crippen molar-refractivity contribution in [2.75, 3.05) is 7.11 Å². The minimum atomic E-state index is -0.531. The van der Waals surface area contributed by atoms with Crippen LogP contribution in [0.1, 0.15) is 29.2 Å². The van der Waals surface area contributed by atoms with E-state index in [0.717, 1.165) is 21.8 Å². The van der Waals surface area contributed by atoms with Gasteiger partial charge in [-0.15, -0.1) is 0 Å². The number of allylic oxidation sites excluding steroid dienone is 1. The lowest BCUT2D eigenvalue weighted by atomic mass is 10.1. The molecule has 0 radical (unpaired) electrons. The van der Waals surface area contributed by atoms with E-state index in [0.29, 0.717) is 11.5 Å². The molecular weight excluding hydrogens is 360 g/mol. The minimum absolute atomic E-state index is 0.204. The Balaban J connectivity index is 1.90. The van der Waals surface area contributed by atoms with E-state index in [1.165, 1.54) is 20.3 Å². The number of aryl methyl sites for hydroxylation is 1. The second-order valence-electron chi connectivity index (χ2n) is 6.38. The van der Waals surface area contributed by atoms with E-state index < -0.39 is 18.0 Å². The van der Waals surface area contributed by atoms with Crippen molar-refractivity contribution < 1.29 is 23.8 Å². The lowest BCUT2D eigenvalue weighted by molar-refractivity contribution is -0.135. The molecule has 1 aliphatic rings. The van der Waals surface area contributed by atoms with E-state index in [-0.39, 0.29) is 5.69 Å². The summed E-state index contributed by atoms with van der Waals surface area (Å²) in [7, 11) is 3.27. The second-order valence-corrected chi connectivity index (χ2v) is 6.38. The number of nitrogens with zero attached hydrogens (tertiary/aromatic N) is 2. The largest absolute Gasteiger partial charge is 0.477 e. The summed E-state index contributed by atoms with van der Waals surface area (Å²) in [5.74, 6) is -0.555. The first-order chi connectivity index (χ1) is 13.5. The number of fused-ring (bicyclic) bond motifs is 3. The predicted octanol–water partition coefficient (Wildman–Crippen LogP) is 3.55. The maximum atomic E-state index is 12.2. The third-order valence-electron chi connectivity index (χ3n) is 4.61. The van der Waals surface area contributed by atoms with Crippen LogP contribution in [0, 0.1) is 0 Å². The Labute approximate surface area is 160 Å². The SMILES string of the molecule is COC(=O)c1cc2c3ccccc3n(C)c2c(C2C=CC(=COC(C)=O)O2)n1. The Kier molecular flexibility index (Phi) is 4.35. The number of hydrogen-bond acceptors (Lipinski definition) is 6. The maximum Gasteiger partial charge on any atom is 0.356 e. The molecule has 28 heavy (non-hydrogen) atoms. The average molecular weight is 378 g/mol. The number of carbonyl (C=O) groups excluding carboxylic acids is 2. The number of carbonyl (C=O) groups is 2. The fourth-order valence-corrected chi connectivity index (χ4v) is 3.40. The molecule has 0 spiro atoms. The summed E-state index contributed by atoms with van der Waals surface area (Å²) in [6, 6.07) is 9.66. The highest BCUT2D eigenvalue weighted by molar-refractivity contribution is 6.10. The van der Waals surface area contributed by atoms with Crippen LogP contribution < -0.4 is 0 Å². The van der Waals surface area contributed by atoms with Gasteiger partial charge in [-0.2, -0.15) is 0 Å². The van der Waals surface area contributed by atoms with Crippen molar-refractivity contribution in [2.45, 2.75) is 13.0 Å². The molecule has 1 aliphatic heterocycles. The van der Waals surface area contributed by atoms with Gasteiger partial charge in [0.1, 0.15) is 17.6 Å². The van der Waals surface area contributed by atoms with Crippen molar-refractivity contribution >= 4 is 33.7 Å². The van der Waals surface area contributed by atoms with Crippen LogP contribution >= 0.6 is 0 Å². The molecule has 7 nitrogen and oxygen atoms in total. The highest BCUT2D eigenvalue weighted by atomic mass is 16.5. The first kappa shape index (κ1) is 17.8. The second kappa shape index (κ2) is 6.84. The third-order valence-corrected chi connectivity index (χ3v) is 4.61. The van der Waals surface area contributed by atoms with Gasteiger partial charge in [-0.05, 0) is 24.3 Å². The van der Waals surface area contributed by atoms with E-state index >= 15 is 0 Å². The topological polar surface area (TPSA) is 79.7 Å². The average Bonchev–Trinajstić information content (AvgIpc) is 3.29. The van der Waals surface area contributed by atoms with Crippen LogP contribution in [0.3, 0.4) is 0 Å². The van der Waals surface area contributed by atoms with Crippen molar-refractivity contribution in [3.8, 4) is 0 Å². The fourth-order valence-electron chi connectivity index (χ4n) is 3.40. The molecule has 0 aliphatic carbocycles. The lowest BCUT2D eigenvalue weighted by Crippen LogP contribution is -2.10. The molecule has 3 heterocycles. The molecule has 1 aromatic carbocycles. The molecule has 7 heteroatoms. The van der Waals surface area contributed by atoms with Crippen molar-refractivity contribution in [1.29, 1.82) is 0 Å². The minimum Gasteiger partial charge on any atom is -0.477 e. The van der Waals surface area contributed by atoms with Gasteiger partial charge >= 0.3 is 11.9 Å². The molecule has 0 bridgehead atoms. The van der Waals surface area contributed by atoms with Crippen LogP contribution in [0.25, 0.3) is 21.8 Å². The van der Waals surface area contributed by atoms with Gasteiger partial charge in [-0.3, -0.25) is 4.79 Å². The van der Waals surface area contributed by atoms with Crippen molar-refractivity contribution in [3.63, 3.8) is 0 Å². The lowest BCUT2D eigenvalue weighted by Gasteiger charge is -2.14. The summed E-state index contributed by atoms with van der Waals surface area (Å²) in [6.45, 7) is 1.31. The van der Waals surface area contributed by atoms with Crippen LogP contribution in [-0.2, 0) is 26.1 Å². The summed E-state index contributed by atoms with van der Waals surface area (Å²) < 4.78 is 17.6. The van der Waals surface area contributed by atoms with Crippen LogP contribution in [0.15, 0.2) is 54.5 Å². The molecule has 3 aromatic rings. The molecule has 2 aromatic heterocycles. The van der Waals surface area contributed by atoms with E-state index in [1.54, 1.807) is 18.2 Å². The van der Waals surface area contributed by atoms with E-state index in [1.807, 2.05) is 35.9 Å². The Bertz CT molecular complexity index is 1170. The molecule has 0 saturated carbocycles. The zero-order valence-corrected chi connectivity index (χ0v) is 15.6. The Morgan fingerprint density at radius 2 is 2.04 bits per heavy atom. The van der Waals surface area contributed by atoms with E-state index in [2.05, 4.69) is 4.98 Å². The number of esters is 2. The number of benzene rings is 1. The van der Waals surface area contributed by atoms with Gasteiger partial charge in [0.25, 0.3) is 0 Å². The number of methoxy groups -OCH3 is 1. The van der Waals surface area contributed by atoms with Crippen LogP contribution in [0.4, 0.5) is 0 Å². The summed E-state index contributed by atoms with van der Waals surface area (Å²) in [5.41, 5.74) is 2.66. The van der Waals surface area contributed by atoms with Crippen LogP contribution in [0.5, 0.6) is 0 Å². The molecule has 1 atom stereocenters. The maximum absolute atomic E-state index is 12.2. The molecule has 0 N–H and O–H groups in total. The zero-order chi connectivity index (χ0) is 19.8. The van der Waals surface area contributed by atoms with Crippen LogP contribution in [-0.4, -0.2) is 28.6 Å². The predicted molar refractivity (Wildman–Crippen MR) is 102 cm³/mol. The Morgan fingerprint density at radius 1 is 1.25 bits per heavy atom. The molecule has 1 unspecified atom stereocenters. The highest BCUT2D eigenvalue weighted by Gasteiger charge is 2.26. The van der Waals surface area contributed by atoms with Gasteiger partial charge in [-0.1, -0.05) is 18.2 Å². The van der Waals surface area contributed by atoms with Gasteiger partial charge in [0.15, 0.2) is 11.9 Å². The zero-order valence-electron chi connectivity index (χ0n) is 15.6. The number of rotatable bonds is 3. The summed E-state index contributed by atoms with van der Waals surface area (Å²) in [6.07, 6.45) is 4.23. The smallest absolute Gasteiger partial charge is 0.356 e. The summed E-state index contributed by atoms with van der Waals surface area (Å²) in [4.78, 5) is 27.7. The normalized spacial score (nSPS) is 17.2. The third kappa shape index (κ3) is 2.90. The Morgan fingerprint density at radius 3 is 2.79 bits per heavy atom. The standard InChI is InChI=1S/C21H18N2O5/c1-12(24)27-11-13-8-9-18(28-13)19-20-15(10-16(22-19)21(25)26-3)14-6-4-5-7-17(14)23(20)2/h4-11,18H,1-3H3. The van der Waals surface area contributed by atoms with Crippen molar-refractivity contribution in [1.82, 2.24) is 9.55 Å². The Hall–Kier alpha value is -3.61. The molecule has 0 amide bonds. The first-order valence-corrected chi connectivity index (χ1v) is 8.68. The number of para-hydroxylation sites is 1. The quantitative estimate of drug-likeness (QED) is 0.512. The van der Waals surface area contributed by atoms with Crippen LogP contribution in [0.2, 0.25) is 0 Å². The molecular formula is C21H18N2O5. The van der Waals surface area contributed by atoms with Gasteiger partial charge < -0.3 is 18.8 Å². The number of pyridine rings is 1. The first-order valence-electron chi connectivity index (χ1n) is 8.68. The van der Waals surface area contributed by atoms with Gasteiger partial charge in [0, 0.05) is 30.3 Å². The molecule has 142 valence electrons. The van der Waals surface area contributed by atoms with Gasteiger partial charge in [-0.25, -0.2) is 9.78 Å². The summed E-state index contributed by atoms with van der Waals surface area (Å²) >= 11 is 0. The van der Waals surface area contributed by atoms with Gasteiger partial charge in [0.2, 0.25) is 0 Å². The number of ether oxygens (including phenoxy) is 3. The van der Waals surface area contributed by atoms with E-state index in [9.17, 15) is 9.59 Å². The van der Waals surface area contributed by atoms with Crippen molar-refractivity contribution in [3.05, 3.63) is 65.9 Å². The summed E-state index contributed by atoms with van der Waals surface area (Å²) in [5, 5.41) is 1.89. The van der Waals surface area contributed by atoms with Gasteiger partial charge in [0.05, 0.1) is 12.6 Å². The highest BCUT2D eigenvalue weighted by Crippen LogP contribution is 2.37. The molecule has 4 rings (SSSR count). The van der Waals surface area contributed by atoms with Crippen molar-refractivity contribution in [2.24, 2.45) is 7.05 Å². The number of hydrogen-bond donors (Lipinski definition) is 0.